The predicted molar refractivity (Wildman–Crippen MR) is 89.6 cm³/mol. The van der Waals surface area contributed by atoms with Gasteiger partial charge in [-0.05, 0) is 38.1 Å². The Bertz CT molecular complexity index is 711. The molecule has 1 atom stereocenters. The van der Waals surface area contributed by atoms with Gasteiger partial charge in [-0.2, -0.15) is 4.31 Å². The largest absolute Gasteiger partial charge is 0.449 e. The van der Waals surface area contributed by atoms with Gasteiger partial charge < -0.3 is 14.8 Å². The van der Waals surface area contributed by atoms with Crippen LogP contribution in [0.1, 0.15) is 24.2 Å². The summed E-state index contributed by atoms with van der Waals surface area (Å²) in [6.45, 7) is 5.00. The van der Waals surface area contributed by atoms with Crippen LogP contribution in [0.15, 0.2) is 29.2 Å². The van der Waals surface area contributed by atoms with Gasteiger partial charge in [-0.1, -0.05) is 0 Å². The number of rotatable bonds is 6. The predicted octanol–water partition coefficient (Wildman–Crippen LogP) is 0.389. The highest BCUT2D eigenvalue weighted by Gasteiger charge is 2.26. The molecule has 0 bridgehead atoms. The van der Waals surface area contributed by atoms with Crippen molar-refractivity contribution in [3.63, 3.8) is 0 Å². The molecule has 1 heterocycles. The van der Waals surface area contributed by atoms with E-state index in [2.05, 4.69) is 5.32 Å². The van der Waals surface area contributed by atoms with Gasteiger partial charge in [0.25, 0.3) is 5.91 Å². The first-order chi connectivity index (χ1) is 11.9. The van der Waals surface area contributed by atoms with Gasteiger partial charge in [-0.3, -0.25) is 4.79 Å². The van der Waals surface area contributed by atoms with Gasteiger partial charge in [0.05, 0.1) is 23.7 Å². The average Bonchev–Trinajstić information content (AvgIpc) is 2.62. The molecule has 0 radical (unpaired) electrons. The number of carbonyl (C=O) groups is 2. The summed E-state index contributed by atoms with van der Waals surface area (Å²) in [5.41, 5.74) is 0.178. The van der Waals surface area contributed by atoms with Crippen LogP contribution >= 0.6 is 0 Å². The summed E-state index contributed by atoms with van der Waals surface area (Å²) in [4.78, 5) is 23.7. The van der Waals surface area contributed by atoms with E-state index in [1.54, 1.807) is 6.92 Å². The second kappa shape index (κ2) is 8.41. The highest BCUT2D eigenvalue weighted by Crippen LogP contribution is 2.18. The zero-order valence-corrected chi connectivity index (χ0v) is 15.0. The number of sulfonamides is 1. The lowest BCUT2D eigenvalue weighted by Crippen LogP contribution is -2.40. The maximum absolute atomic E-state index is 12.5. The summed E-state index contributed by atoms with van der Waals surface area (Å²) in [6, 6.07) is 5.47. The van der Waals surface area contributed by atoms with E-state index in [0.29, 0.717) is 32.8 Å². The van der Waals surface area contributed by atoms with E-state index < -0.39 is 22.1 Å². The van der Waals surface area contributed by atoms with Gasteiger partial charge in [-0.15, -0.1) is 0 Å². The van der Waals surface area contributed by atoms with E-state index in [1.807, 2.05) is 0 Å². The van der Waals surface area contributed by atoms with Gasteiger partial charge in [0, 0.05) is 19.6 Å². The number of nitrogens with one attached hydrogen (secondary N) is 1. The Hall–Kier alpha value is -1.97. The number of carbonyl (C=O) groups excluding carboxylic acids is 2. The molecule has 0 saturated carbocycles. The molecule has 2 rings (SSSR count). The summed E-state index contributed by atoms with van der Waals surface area (Å²) in [5.74, 6) is -1.07. The van der Waals surface area contributed by atoms with Crippen LogP contribution < -0.4 is 5.32 Å². The van der Waals surface area contributed by atoms with Crippen LogP contribution in [-0.4, -0.2) is 63.6 Å². The Labute approximate surface area is 147 Å². The number of hydrogen-bond donors (Lipinski definition) is 1. The summed E-state index contributed by atoms with van der Waals surface area (Å²) >= 11 is 0. The third-order valence-corrected chi connectivity index (χ3v) is 5.61. The first-order valence-electron chi connectivity index (χ1n) is 8.03. The van der Waals surface area contributed by atoms with Crippen molar-refractivity contribution in [2.75, 3.05) is 32.8 Å². The molecule has 1 amide bonds. The van der Waals surface area contributed by atoms with Crippen LogP contribution in [0.4, 0.5) is 0 Å². The molecule has 1 fully saturated rings. The van der Waals surface area contributed by atoms with Gasteiger partial charge in [0.2, 0.25) is 10.0 Å². The molecule has 138 valence electrons. The molecular weight excluding hydrogens is 348 g/mol. The summed E-state index contributed by atoms with van der Waals surface area (Å²) in [7, 11) is -3.61. The number of nitrogens with zero attached hydrogens (tertiary/aromatic N) is 1. The van der Waals surface area contributed by atoms with E-state index in [-0.39, 0.29) is 16.4 Å². The SMILES string of the molecule is CCNC(=O)[C@H](C)OC(=O)c1ccc(S(=O)(=O)N2CCOCC2)cc1. The Morgan fingerprint density at radius 3 is 2.40 bits per heavy atom. The van der Waals surface area contributed by atoms with Crippen LogP contribution in [0.2, 0.25) is 0 Å². The monoisotopic (exact) mass is 370 g/mol. The molecule has 0 spiro atoms. The van der Waals surface area contributed by atoms with Crippen molar-refractivity contribution in [1.82, 2.24) is 9.62 Å². The topological polar surface area (TPSA) is 102 Å². The molecule has 1 aliphatic heterocycles. The van der Waals surface area contributed by atoms with E-state index in [0.717, 1.165) is 0 Å². The molecular formula is C16H22N2O6S. The maximum atomic E-state index is 12.5. The lowest BCUT2D eigenvalue weighted by molar-refractivity contribution is -0.128. The first kappa shape index (κ1) is 19.4. The minimum atomic E-state index is -3.61. The highest BCUT2D eigenvalue weighted by molar-refractivity contribution is 7.89. The highest BCUT2D eigenvalue weighted by atomic mass is 32.2. The molecule has 1 saturated heterocycles. The van der Waals surface area contributed by atoms with Crippen LogP contribution in [0, 0.1) is 0 Å². The lowest BCUT2D eigenvalue weighted by Gasteiger charge is -2.26. The maximum Gasteiger partial charge on any atom is 0.338 e. The molecule has 8 nitrogen and oxygen atoms in total. The zero-order chi connectivity index (χ0) is 18.4. The van der Waals surface area contributed by atoms with Crippen molar-refractivity contribution >= 4 is 21.9 Å². The fourth-order valence-electron chi connectivity index (χ4n) is 2.30. The smallest absolute Gasteiger partial charge is 0.338 e. The van der Waals surface area contributed by atoms with Crippen LogP contribution in [0.5, 0.6) is 0 Å². The van der Waals surface area contributed by atoms with Crippen molar-refractivity contribution in [2.24, 2.45) is 0 Å². The third kappa shape index (κ3) is 4.77. The first-order valence-corrected chi connectivity index (χ1v) is 9.47. The third-order valence-electron chi connectivity index (χ3n) is 3.70. The minimum Gasteiger partial charge on any atom is -0.449 e. The van der Waals surface area contributed by atoms with Crippen molar-refractivity contribution in [2.45, 2.75) is 24.8 Å². The standard InChI is InChI=1S/C16H22N2O6S/c1-3-17-15(19)12(2)24-16(20)13-4-6-14(7-5-13)25(21,22)18-8-10-23-11-9-18/h4-7,12H,3,8-11H2,1-2H3,(H,17,19)/t12-/m0/s1. The summed E-state index contributed by atoms with van der Waals surface area (Å²) in [5, 5.41) is 2.56. The molecule has 0 aromatic heterocycles. The number of likely N-dealkylation sites (N-methyl/N-ethyl adjacent to an activating group) is 1. The van der Waals surface area contributed by atoms with E-state index >= 15 is 0 Å². The average molecular weight is 370 g/mol. The number of benzene rings is 1. The number of morpholine rings is 1. The fourth-order valence-corrected chi connectivity index (χ4v) is 3.71. The van der Waals surface area contributed by atoms with Crippen LogP contribution in [0.25, 0.3) is 0 Å². The number of esters is 1. The molecule has 1 N–H and O–H groups in total. The normalized spacial score (nSPS) is 16.9. The van der Waals surface area contributed by atoms with Crippen molar-refractivity contribution < 1.29 is 27.5 Å². The molecule has 1 aromatic carbocycles. The van der Waals surface area contributed by atoms with Gasteiger partial charge in [0.1, 0.15) is 0 Å². The molecule has 1 aliphatic rings. The van der Waals surface area contributed by atoms with Crippen molar-refractivity contribution in [3.05, 3.63) is 29.8 Å². The lowest BCUT2D eigenvalue weighted by atomic mass is 10.2. The number of amides is 1. The van der Waals surface area contributed by atoms with Crippen molar-refractivity contribution in [3.8, 4) is 0 Å². The second-order valence-electron chi connectivity index (χ2n) is 5.48. The Balaban J connectivity index is 2.06. The molecule has 0 aliphatic carbocycles. The summed E-state index contributed by atoms with van der Waals surface area (Å²) in [6.07, 6.45) is -0.927. The minimum absolute atomic E-state index is 0.0997. The van der Waals surface area contributed by atoms with Gasteiger partial charge in [-0.25, -0.2) is 13.2 Å². The fraction of sp³-hybridized carbons (Fsp3) is 0.500. The molecule has 1 aromatic rings. The van der Waals surface area contributed by atoms with E-state index in [4.69, 9.17) is 9.47 Å². The zero-order valence-electron chi connectivity index (χ0n) is 14.2. The molecule has 9 heteroatoms. The molecule has 0 unspecified atom stereocenters. The number of hydrogen-bond acceptors (Lipinski definition) is 6. The van der Waals surface area contributed by atoms with E-state index in [9.17, 15) is 18.0 Å². The van der Waals surface area contributed by atoms with Crippen molar-refractivity contribution in [1.29, 1.82) is 0 Å². The Morgan fingerprint density at radius 1 is 1.24 bits per heavy atom. The number of ether oxygens (including phenoxy) is 2. The second-order valence-corrected chi connectivity index (χ2v) is 7.42. The summed E-state index contributed by atoms with van der Waals surface area (Å²) < 4.78 is 36.6. The van der Waals surface area contributed by atoms with Crippen LogP contribution in [-0.2, 0) is 24.3 Å². The molecule has 25 heavy (non-hydrogen) atoms. The Morgan fingerprint density at radius 2 is 1.84 bits per heavy atom. The Kier molecular flexibility index (Phi) is 6.51. The quantitative estimate of drug-likeness (QED) is 0.727. The van der Waals surface area contributed by atoms with Gasteiger partial charge in [0.15, 0.2) is 6.10 Å². The van der Waals surface area contributed by atoms with Crippen LogP contribution in [0.3, 0.4) is 0 Å². The van der Waals surface area contributed by atoms with E-state index in [1.165, 1.54) is 35.5 Å². The van der Waals surface area contributed by atoms with Gasteiger partial charge >= 0.3 is 5.97 Å².